The molecule has 0 N–H and O–H groups in total. The Kier molecular flexibility index (Phi) is 7.00. The molecule has 186 valence electrons. The fraction of sp³-hybridized carbons (Fsp3) is 0.292. The lowest BCUT2D eigenvalue weighted by molar-refractivity contribution is 0.0259. The summed E-state index contributed by atoms with van der Waals surface area (Å²) in [5.41, 5.74) is 1.84. The van der Waals surface area contributed by atoms with E-state index in [9.17, 15) is 9.18 Å². The second-order valence-electron chi connectivity index (χ2n) is 8.82. The summed E-state index contributed by atoms with van der Waals surface area (Å²) in [5, 5.41) is 13.0. The monoisotopic (exact) mass is 616 g/mol. The van der Waals surface area contributed by atoms with Crippen LogP contribution in [-0.4, -0.2) is 70.6 Å². The smallest absolute Gasteiger partial charge is 0.275 e. The van der Waals surface area contributed by atoms with Crippen molar-refractivity contribution in [2.24, 2.45) is 0 Å². The molecule has 36 heavy (non-hydrogen) atoms. The summed E-state index contributed by atoms with van der Waals surface area (Å²) in [7, 11) is 0. The van der Waals surface area contributed by atoms with Crippen molar-refractivity contribution in [3.63, 3.8) is 0 Å². The van der Waals surface area contributed by atoms with Crippen molar-refractivity contribution in [1.29, 1.82) is 0 Å². The molecular formula is C24H23Br2FN8O. The van der Waals surface area contributed by atoms with Gasteiger partial charge in [-0.05, 0) is 82.1 Å². The third-order valence-electron chi connectivity index (χ3n) is 6.18. The van der Waals surface area contributed by atoms with E-state index in [0.29, 0.717) is 41.3 Å². The van der Waals surface area contributed by atoms with Crippen molar-refractivity contribution < 1.29 is 9.18 Å². The second-order valence-corrected chi connectivity index (χ2v) is 10.6. The minimum Gasteiger partial charge on any atom is -0.334 e. The van der Waals surface area contributed by atoms with Crippen molar-refractivity contribution in [2.45, 2.75) is 32.5 Å². The number of amides is 1. The third-order valence-corrected chi connectivity index (χ3v) is 7.23. The molecule has 0 saturated carbocycles. The molecular weight excluding hydrogens is 595 g/mol. The minimum absolute atomic E-state index is 0.103. The molecule has 12 heteroatoms. The molecule has 2 atom stereocenters. The molecule has 5 rings (SSSR count). The van der Waals surface area contributed by atoms with Gasteiger partial charge in [-0.3, -0.25) is 9.69 Å². The van der Waals surface area contributed by atoms with E-state index in [2.05, 4.69) is 71.0 Å². The molecule has 1 aliphatic rings. The Morgan fingerprint density at radius 3 is 2.42 bits per heavy atom. The molecule has 1 aromatic carbocycles. The molecule has 4 aromatic rings. The van der Waals surface area contributed by atoms with Crippen LogP contribution in [0.2, 0.25) is 0 Å². The Morgan fingerprint density at radius 1 is 1.03 bits per heavy atom. The second kappa shape index (κ2) is 10.2. The summed E-state index contributed by atoms with van der Waals surface area (Å²) in [6.07, 6.45) is 5.32. The van der Waals surface area contributed by atoms with Gasteiger partial charge in [-0.1, -0.05) is 5.21 Å². The lowest BCUT2D eigenvalue weighted by Gasteiger charge is -2.44. The van der Waals surface area contributed by atoms with Gasteiger partial charge < -0.3 is 4.90 Å². The standard InChI is InChI=1S/C24H23Br2FN8O/c1-15-10-32(24(36)23-21(26)14-34(30-23)20-6-4-18(27)5-7-20)11-16(2)33(15)12-19-13-35(31-29-19)22-8-3-17(25)9-28-22/h3-9,13-16H,10-12H2,1-2H3/t15-,16+. The predicted octanol–water partition coefficient (Wildman–Crippen LogP) is 4.25. The molecule has 1 saturated heterocycles. The average Bonchev–Trinajstić information content (AvgIpc) is 3.48. The number of nitrogens with zero attached hydrogens (tertiary/aromatic N) is 8. The Balaban J connectivity index is 1.26. The van der Waals surface area contributed by atoms with E-state index in [0.717, 1.165) is 10.2 Å². The van der Waals surface area contributed by atoms with Crippen LogP contribution in [0.25, 0.3) is 11.5 Å². The van der Waals surface area contributed by atoms with Crippen LogP contribution in [-0.2, 0) is 6.54 Å². The highest BCUT2D eigenvalue weighted by atomic mass is 79.9. The molecule has 4 heterocycles. The van der Waals surface area contributed by atoms with Gasteiger partial charge in [-0.25, -0.2) is 18.7 Å². The number of carbonyl (C=O) groups excluding carboxylic acids is 1. The maximum atomic E-state index is 13.4. The van der Waals surface area contributed by atoms with Gasteiger partial charge in [0.05, 0.1) is 22.1 Å². The number of halogens is 3. The van der Waals surface area contributed by atoms with Crippen LogP contribution >= 0.6 is 31.9 Å². The van der Waals surface area contributed by atoms with E-state index in [1.54, 1.807) is 33.9 Å². The van der Waals surface area contributed by atoms with E-state index < -0.39 is 0 Å². The summed E-state index contributed by atoms with van der Waals surface area (Å²) in [5.74, 6) is 0.224. The first-order valence-electron chi connectivity index (χ1n) is 11.4. The first kappa shape index (κ1) is 24.7. The van der Waals surface area contributed by atoms with Gasteiger partial charge in [-0.2, -0.15) is 5.10 Å². The summed E-state index contributed by atoms with van der Waals surface area (Å²) < 4.78 is 18.0. The van der Waals surface area contributed by atoms with Gasteiger partial charge in [0, 0.05) is 48.6 Å². The molecule has 9 nitrogen and oxygen atoms in total. The van der Waals surface area contributed by atoms with Crippen LogP contribution in [0, 0.1) is 5.82 Å². The largest absolute Gasteiger partial charge is 0.334 e. The lowest BCUT2D eigenvalue weighted by atomic mass is 10.1. The van der Waals surface area contributed by atoms with Crippen LogP contribution in [0.15, 0.2) is 63.9 Å². The summed E-state index contributed by atoms with van der Waals surface area (Å²) in [6.45, 7) is 5.93. The molecule has 1 aliphatic heterocycles. The van der Waals surface area contributed by atoms with Crippen LogP contribution in [0.5, 0.6) is 0 Å². The summed E-state index contributed by atoms with van der Waals surface area (Å²) >= 11 is 6.85. The predicted molar refractivity (Wildman–Crippen MR) is 138 cm³/mol. The van der Waals surface area contributed by atoms with Gasteiger partial charge in [0.15, 0.2) is 11.5 Å². The minimum atomic E-state index is -0.324. The number of carbonyl (C=O) groups is 1. The normalized spacial score (nSPS) is 18.5. The summed E-state index contributed by atoms with van der Waals surface area (Å²) in [4.78, 5) is 21.9. The maximum Gasteiger partial charge on any atom is 0.275 e. The molecule has 1 fully saturated rings. The number of piperazine rings is 1. The SMILES string of the molecule is C[C@@H]1CN(C(=O)c2nn(-c3ccc(F)cc3)cc2Br)C[C@H](C)N1Cc1cn(-c2ccc(Br)cn2)nn1. The third kappa shape index (κ3) is 5.11. The van der Waals surface area contributed by atoms with Crippen molar-refractivity contribution in [3.05, 3.63) is 81.1 Å². The Bertz CT molecular complexity index is 1360. The topological polar surface area (TPSA) is 85.0 Å². The van der Waals surface area contributed by atoms with E-state index in [1.807, 2.05) is 23.2 Å². The molecule has 0 aliphatic carbocycles. The fourth-order valence-corrected chi connectivity index (χ4v) is 5.06. The number of hydrogen-bond donors (Lipinski definition) is 0. The van der Waals surface area contributed by atoms with Crippen LogP contribution in [0.1, 0.15) is 30.0 Å². The van der Waals surface area contributed by atoms with Crippen LogP contribution in [0.4, 0.5) is 4.39 Å². The first-order valence-corrected chi connectivity index (χ1v) is 13.0. The summed E-state index contributed by atoms with van der Waals surface area (Å²) in [6, 6.07) is 9.95. The molecule has 0 unspecified atom stereocenters. The van der Waals surface area contributed by atoms with Gasteiger partial charge in [0.1, 0.15) is 5.82 Å². The van der Waals surface area contributed by atoms with Gasteiger partial charge in [0.2, 0.25) is 0 Å². The van der Waals surface area contributed by atoms with Crippen molar-refractivity contribution in [1.82, 2.24) is 39.6 Å². The van der Waals surface area contributed by atoms with Gasteiger partial charge >= 0.3 is 0 Å². The van der Waals surface area contributed by atoms with E-state index in [-0.39, 0.29) is 23.8 Å². The highest BCUT2D eigenvalue weighted by molar-refractivity contribution is 9.10. The van der Waals surface area contributed by atoms with Gasteiger partial charge in [-0.15, -0.1) is 5.10 Å². The number of benzene rings is 1. The fourth-order valence-electron chi connectivity index (χ4n) is 4.38. The maximum absolute atomic E-state index is 13.4. The van der Waals surface area contributed by atoms with Crippen LogP contribution in [0.3, 0.4) is 0 Å². The molecule has 0 spiro atoms. The molecule has 1 amide bonds. The quantitative estimate of drug-likeness (QED) is 0.333. The molecule has 0 radical (unpaired) electrons. The highest BCUT2D eigenvalue weighted by Crippen LogP contribution is 2.24. The zero-order chi connectivity index (χ0) is 25.4. The zero-order valence-electron chi connectivity index (χ0n) is 19.6. The van der Waals surface area contributed by atoms with Crippen molar-refractivity contribution in [2.75, 3.05) is 13.1 Å². The zero-order valence-corrected chi connectivity index (χ0v) is 22.8. The number of rotatable bonds is 5. The number of aromatic nitrogens is 6. The van der Waals surface area contributed by atoms with Crippen LogP contribution < -0.4 is 0 Å². The van der Waals surface area contributed by atoms with Crippen molar-refractivity contribution >= 4 is 37.8 Å². The number of hydrogen-bond acceptors (Lipinski definition) is 6. The van der Waals surface area contributed by atoms with Crippen molar-refractivity contribution in [3.8, 4) is 11.5 Å². The lowest BCUT2D eigenvalue weighted by Crippen LogP contribution is -2.57. The number of pyridine rings is 1. The van der Waals surface area contributed by atoms with E-state index >= 15 is 0 Å². The first-order chi connectivity index (χ1) is 17.3. The Labute approximate surface area is 224 Å². The highest BCUT2D eigenvalue weighted by Gasteiger charge is 2.34. The Morgan fingerprint density at radius 2 is 1.75 bits per heavy atom. The molecule has 3 aromatic heterocycles. The Hall–Kier alpha value is -2.96. The van der Waals surface area contributed by atoms with Gasteiger partial charge in [0.25, 0.3) is 5.91 Å². The van der Waals surface area contributed by atoms with E-state index in [4.69, 9.17) is 0 Å². The average molecular weight is 618 g/mol. The van der Waals surface area contributed by atoms with E-state index in [1.165, 1.54) is 12.1 Å². The molecule has 0 bridgehead atoms.